The first kappa shape index (κ1) is 21.2. The minimum Gasteiger partial charge on any atom is -0.317 e. The van der Waals surface area contributed by atoms with E-state index in [0.717, 1.165) is 43.7 Å². The molecule has 1 fully saturated rings. The molecule has 1 N–H and O–H groups in total. The second-order valence-corrected chi connectivity index (χ2v) is 6.82. The summed E-state index contributed by atoms with van der Waals surface area (Å²) >= 11 is 0. The predicted octanol–water partition coefficient (Wildman–Crippen LogP) is 4.59. The molecule has 1 aromatic heterocycles. The van der Waals surface area contributed by atoms with Crippen LogP contribution < -0.4 is 5.32 Å². The van der Waals surface area contributed by atoms with Gasteiger partial charge < -0.3 is 5.32 Å². The van der Waals surface area contributed by atoms with Gasteiger partial charge in [-0.1, -0.05) is 26.8 Å². The number of allylic oxidation sites excluding steroid dienone is 4. The number of aliphatic imine (C=N–C) groups is 2. The lowest BCUT2D eigenvalue weighted by atomic mass is 9.93. The third kappa shape index (κ3) is 5.96. The fourth-order valence-corrected chi connectivity index (χ4v) is 3.18. The van der Waals surface area contributed by atoms with Crippen molar-refractivity contribution in [3.05, 3.63) is 41.5 Å². The van der Waals surface area contributed by atoms with E-state index in [1.54, 1.807) is 13.1 Å². The molecule has 0 spiro atoms. The molecule has 1 unspecified atom stereocenters. The zero-order valence-electron chi connectivity index (χ0n) is 17.0. The summed E-state index contributed by atoms with van der Waals surface area (Å²) in [7, 11) is 1.74. The standard InChI is InChI=1S/C21H32FN5/c1-5-7-18(22)9-8-16(3)19-15-20(17-10-13-24-14-11-17)27(26-19)21(23-4)25-12-6-2/h7-9,12,15-17,24H,5-6,10-11,13-14H2,1-4H3/b9-8-,18-7+,23-21?,25-12-. The Morgan fingerprint density at radius 2 is 2.11 bits per heavy atom. The highest BCUT2D eigenvalue weighted by atomic mass is 19.1. The lowest BCUT2D eigenvalue weighted by Crippen LogP contribution is -2.28. The molecule has 0 radical (unpaired) electrons. The molecular formula is C21H32FN5. The van der Waals surface area contributed by atoms with Crippen molar-refractivity contribution in [2.75, 3.05) is 20.1 Å². The van der Waals surface area contributed by atoms with Crippen LogP contribution in [0.4, 0.5) is 4.39 Å². The summed E-state index contributed by atoms with van der Waals surface area (Å²) < 4.78 is 15.6. The van der Waals surface area contributed by atoms with Gasteiger partial charge in [-0.2, -0.15) is 5.10 Å². The van der Waals surface area contributed by atoms with E-state index in [4.69, 9.17) is 5.10 Å². The van der Waals surface area contributed by atoms with E-state index >= 15 is 0 Å². The Balaban J connectivity index is 2.36. The maximum atomic E-state index is 13.7. The molecule has 0 aliphatic carbocycles. The lowest BCUT2D eigenvalue weighted by Gasteiger charge is -2.23. The van der Waals surface area contributed by atoms with Crippen molar-refractivity contribution in [2.45, 2.75) is 58.3 Å². The van der Waals surface area contributed by atoms with Crippen molar-refractivity contribution in [1.29, 1.82) is 0 Å². The van der Waals surface area contributed by atoms with Crippen molar-refractivity contribution in [2.24, 2.45) is 9.98 Å². The fraction of sp³-hybridized carbons (Fsp3) is 0.571. The van der Waals surface area contributed by atoms with Gasteiger partial charge in [0.2, 0.25) is 5.96 Å². The second-order valence-electron chi connectivity index (χ2n) is 6.82. The quantitative estimate of drug-likeness (QED) is 0.450. The molecule has 6 heteroatoms. The van der Waals surface area contributed by atoms with Gasteiger partial charge in [0.25, 0.3) is 0 Å². The van der Waals surface area contributed by atoms with Crippen LogP contribution in [0.3, 0.4) is 0 Å². The Hall–Kier alpha value is -2.08. The first-order valence-corrected chi connectivity index (χ1v) is 9.94. The SMILES string of the molecule is CC/C=N\C(=NC)n1nc(C(C)/C=C\C(F)=C/CC)cc1C1CCNCC1. The minimum absolute atomic E-state index is 0.0102. The number of aromatic nitrogens is 2. The van der Waals surface area contributed by atoms with E-state index in [9.17, 15) is 4.39 Å². The molecule has 0 bridgehead atoms. The van der Waals surface area contributed by atoms with Crippen LogP contribution in [0, 0.1) is 0 Å². The summed E-state index contributed by atoms with van der Waals surface area (Å²) in [6.45, 7) is 8.01. The summed E-state index contributed by atoms with van der Waals surface area (Å²) in [5, 5.41) is 8.20. The van der Waals surface area contributed by atoms with Crippen LogP contribution in [0.25, 0.3) is 0 Å². The second kappa shape index (κ2) is 10.9. The van der Waals surface area contributed by atoms with Gasteiger partial charge in [-0.3, -0.25) is 4.99 Å². The van der Waals surface area contributed by atoms with Gasteiger partial charge in [0, 0.05) is 25.1 Å². The number of hydrogen-bond acceptors (Lipinski definition) is 3. The van der Waals surface area contributed by atoms with E-state index < -0.39 is 0 Å². The number of nitrogens with one attached hydrogen (secondary N) is 1. The fourth-order valence-electron chi connectivity index (χ4n) is 3.18. The van der Waals surface area contributed by atoms with Crippen molar-refractivity contribution in [3.8, 4) is 0 Å². The molecule has 0 amide bonds. The molecule has 0 saturated carbocycles. The van der Waals surface area contributed by atoms with Gasteiger partial charge in [-0.05, 0) is 57.0 Å². The highest BCUT2D eigenvalue weighted by molar-refractivity contribution is 5.89. The third-order valence-electron chi connectivity index (χ3n) is 4.70. The summed E-state index contributed by atoms with van der Waals surface area (Å²) in [5.41, 5.74) is 2.06. The smallest absolute Gasteiger partial charge is 0.245 e. The van der Waals surface area contributed by atoms with Crippen LogP contribution in [-0.4, -0.2) is 42.1 Å². The third-order valence-corrected chi connectivity index (χ3v) is 4.70. The normalized spacial score (nSPS) is 18.7. The summed E-state index contributed by atoms with van der Waals surface area (Å²) in [6, 6.07) is 2.14. The zero-order valence-corrected chi connectivity index (χ0v) is 17.0. The first-order valence-electron chi connectivity index (χ1n) is 9.94. The molecule has 148 valence electrons. The zero-order chi connectivity index (χ0) is 19.6. The maximum Gasteiger partial charge on any atom is 0.245 e. The van der Waals surface area contributed by atoms with Gasteiger partial charge in [0.15, 0.2) is 0 Å². The molecule has 2 rings (SSSR count). The molecule has 1 atom stereocenters. The molecule has 5 nitrogen and oxygen atoms in total. The molecule has 1 saturated heterocycles. The summed E-state index contributed by atoms with van der Waals surface area (Å²) in [4.78, 5) is 8.82. The van der Waals surface area contributed by atoms with Gasteiger partial charge in [0.1, 0.15) is 5.83 Å². The number of hydrogen-bond donors (Lipinski definition) is 1. The van der Waals surface area contributed by atoms with Crippen molar-refractivity contribution < 1.29 is 4.39 Å². The van der Waals surface area contributed by atoms with Crippen molar-refractivity contribution in [3.63, 3.8) is 0 Å². The van der Waals surface area contributed by atoms with E-state index in [0.29, 0.717) is 18.3 Å². The summed E-state index contributed by atoms with van der Waals surface area (Å²) in [6.07, 6.45) is 10.5. The number of piperidine rings is 1. The van der Waals surface area contributed by atoms with Crippen LogP contribution in [-0.2, 0) is 0 Å². The van der Waals surface area contributed by atoms with E-state index in [1.807, 2.05) is 37.7 Å². The Kier molecular flexibility index (Phi) is 8.58. The average molecular weight is 374 g/mol. The number of nitrogens with zero attached hydrogens (tertiary/aromatic N) is 4. The van der Waals surface area contributed by atoms with E-state index in [2.05, 4.69) is 21.4 Å². The van der Waals surface area contributed by atoms with Crippen LogP contribution in [0.5, 0.6) is 0 Å². The van der Waals surface area contributed by atoms with E-state index in [1.165, 1.54) is 6.08 Å². The van der Waals surface area contributed by atoms with Crippen molar-refractivity contribution in [1.82, 2.24) is 15.1 Å². The van der Waals surface area contributed by atoms with Gasteiger partial charge >= 0.3 is 0 Å². The largest absolute Gasteiger partial charge is 0.317 e. The molecule has 1 aromatic rings. The molecule has 0 aromatic carbocycles. The predicted molar refractivity (Wildman–Crippen MR) is 112 cm³/mol. The minimum atomic E-state index is -0.203. The molecular weight excluding hydrogens is 341 g/mol. The Morgan fingerprint density at radius 3 is 2.74 bits per heavy atom. The molecule has 1 aliphatic heterocycles. The first-order chi connectivity index (χ1) is 13.1. The maximum absolute atomic E-state index is 13.7. The molecule has 2 heterocycles. The Bertz CT molecular complexity index is 708. The molecule has 1 aliphatic rings. The van der Waals surface area contributed by atoms with Crippen LogP contribution >= 0.6 is 0 Å². The van der Waals surface area contributed by atoms with Gasteiger partial charge in [-0.15, -0.1) is 0 Å². The lowest BCUT2D eigenvalue weighted by molar-refractivity contribution is 0.448. The number of halogens is 1. The van der Waals surface area contributed by atoms with Crippen LogP contribution in [0.2, 0.25) is 0 Å². The van der Waals surface area contributed by atoms with Crippen LogP contribution in [0.15, 0.2) is 40.1 Å². The number of rotatable bonds is 6. The Labute approximate surface area is 162 Å². The summed E-state index contributed by atoms with van der Waals surface area (Å²) in [5.74, 6) is 0.834. The highest BCUT2D eigenvalue weighted by Gasteiger charge is 2.23. The topological polar surface area (TPSA) is 54.6 Å². The van der Waals surface area contributed by atoms with Gasteiger partial charge in [0.05, 0.1) is 11.4 Å². The molecule has 27 heavy (non-hydrogen) atoms. The van der Waals surface area contributed by atoms with E-state index in [-0.39, 0.29) is 11.7 Å². The highest BCUT2D eigenvalue weighted by Crippen LogP contribution is 2.28. The Morgan fingerprint density at radius 1 is 1.37 bits per heavy atom. The average Bonchev–Trinajstić information content (AvgIpc) is 3.13. The van der Waals surface area contributed by atoms with Gasteiger partial charge in [-0.25, -0.2) is 14.1 Å². The monoisotopic (exact) mass is 373 g/mol. The van der Waals surface area contributed by atoms with Crippen molar-refractivity contribution >= 4 is 12.2 Å². The van der Waals surface area contributed by atoms with Crippen LogP contribution in [0.1, 0.15) is 69.7 Å².